The van der Waals surface area contributed by atoms with Gasteiger partial charge < -0.3 is 19.4 Å². The summed E-state index contributed by atoms with van der Waals surface area (Å²) in [5, 5.41) is 22.3. The monoisotopic (exact) mass is 499 g/mol. The normalized spacial score (nSPS) is 11.1. The highest BCUT2D eigenvalue weighted by atomic mass is 32.2. The number of anilines is 1. The summed E-state index contributed by atoms with van der Waals surface area (Å²) < 4.78 is 12.0. The van der Waals surface area contributed by atoms with E-state index in [-0.39, 0.29) is 21.6 Å². The van der Waals surface area contributed by atoms with E-state index in [1.54, 1.807) is 23.7 Å². The van der Waals surface area contributed by atoms with Crippen LogP contribution in [0.5, 0.6) is 5.75 Å². The first-order chi connectivity index (χ1) is 16.5. The minimum Gasteiger partial charge on any atom is -0.495 e. The number of aromatic nitrogens is 3. The summed E-state index contributed by atoms with van der Waals surface area (Å²) in [5.74, 6) is -0.982. The molecule has 0 saturated carbocycles. The van der Waals surface area contributed by atoms with Crippen LogP contribution in [0.4, 0.5) is 11.4 Å². The second-order valence-corrected chi connectivity index (χ2v) is 9.56. The lowest BCUT2D eigenvalue weighted by atomic mass is 9.87. The molecule has 1 N–H and O–H groups in total. The number of esters is 1. The molecule has 3 rings (SSSR count). The van der Waals surface area contributed by atoms with Gasteiger partial charge in [-0.25, -0.2) is 4.79 Å². The van der Waals surface area contributed by atoms with Gasteiger partial charge >= 0.3 is 5.97 Å². The molecule has 35 heavy (non-hydrogen) atoms. The van der Waals surface area contributed by atoms with E-state index in [1.807, 2.05) is 26.8 Å². The Morgan fingerprint density at radius 3 is 2.54 bits per heavy atom. The largest absolute Gasteiger partial charge is 0.495 e. The number of hydrogen-bond donors (Lipinski definition) is 1. The van der Waals surface area contributed by atoms with Crippen LogP contribution in [-0.4, -0.2) is 45.3 Å². The van der Waals surface area contributed by atoms with E-state index >= 15 is 0 Å². The zero-order valence-corrected chi connectivity index (χ0v) is 20.7. The fourth-order valence-corrected chi connectivity index (χ4v) is 3.86. The number of methoxy groups -OCH3 is 1. The smallest absolute Gasteiger partial charge is 0.338 e. The molecule has 0 atom stereocenters. The SMILES string of the molecule is COc1ccc(C(C)(C)C)cc1NC(=O)COC(=O)c1ccc(Sc2nncn2C)c([N+](=O)[O-])c1. The van der Waals surface area contributed by atoms with E-state index in [4.69, 9.17) is 9.47 Å². The summed E-state index contributed by atoms with van der Waals surface area (Å²) in [5.41, 5.74) is 0.934. The Hall–Kier alpha value is -3.93. The molecule has 0 aliphatic carbocycles. The number of carbonyl (C=O) groups is 2. The molecule has 0 aliphatic heterocycles. The van der Waals surface area contributed by atoms with E-state index in [2.05, 4.69) is 15.5 Å². The molecule has 184 valence electrons. The number of nitrogens with zero attached hydrogens (tertiary/aromatic N) is 4. The number of nitrogens with one attached hydrogen (secondary N) is 1. The molecule has 0 fully saturated rings. The lowest BCUT2D eigenvalue weighted by Gasteiger charge is -2.21. The summed E-state index contributed by atoms with van der Waals surface area (Å²) in [4.78, 5) is 36.2. The molecule has 3 aromatic rings. The average Bonchev–Trinajstić information content (AvgIpc) is 3.21. The van der Waals surface area contributed by atoms with Crippen molar-refractivity contribution in [3.8, 4) is 5.75 Å². The number of aryl methyl sites for hydroxylation is 1. The Labute approximate surface area is 206 Å². The molecule has 0 saturated heterocycles. The number of ether oxygens (including phenoxy) is 2. The number of hydrogen-bond acceptors (Lipinski definition) is 9. The van der Waals surface area contributed by atoms with Crippen LogP contribution in [0.1, 0.15) is 36.7 Å². The van der Waals surface area contributed by atoms with E-state index in [0.717, 1.165) is 23.4 Å². The van der Waals surface area contributed by atoms with Gasteiger partial charge in [0.1, 0.15) is 12.1 Å². The Morgan fingerprint density at radius 1 is 1.20 bits per heavy atom. The molecule has 0 spiro atoms. The number of rotatable bonds is 8. The van der Waals surface area contributed by atoms with Crippen molar-refractivity contribution in [2.24, 2.45) is 7.05 Å². The highest BCUT2D eigenvalue weighted by Crippen LogP contribution is 2.34. The maximum Gasteiger partial charge on any atom is 0.338 e. The van der Waals surface area contributed by atoms with Crippen molar-refractivity contribution in [2.45, 2.75) is 36.2 Å². The first-order valence-corrected chi connectivity index (χ1v) is 11.3. The molecule has 11 nitrogen and oxygen atoms in total. The van der Waals surface area contributed by atoms with Gasteiger partial charge in [0.2, 0.25) is 0 Å². The molecule has 0 bridgehead atoms. The summed E-state index contributed by atoms with van der Waals surface area (Å²) >= 11 is 1.04. The predicted octanol–water partition coefficient (Wildman–Crippen LogP) is 3.98. The first kappa shape index (κ1) is 25.7. The second kappa shape index (κ2) is 10.6. The highest BCUT2D eigenvalue weighted by molar-refractivity contribution is 7.99. The van der Waals surface area contributed by atoms with Gasteiger partial charge in [-0.05, 0) is 47.0 Å². The van der Waals surface area contributed by atoms with Crippen LogP contribution in [0.15, 0.2) is 52.8 Å². The van der Waals surface area contributed by atoms with Crippen molar-refractivity contribution >= 4 is 35.0 Å². The number of nitro benzene ring substituents is 1. The summed E-state index contributed by atoms with van der Waals surface area (Å²) in [6.07, 6.45) is 1.47. The Morgan fingerprint density at radius 2 is 1.94 bits per heavy atom. The van der Waals surface area contributed by atoms with Gasteiger partial charge in [-0.1, -0.05) is 26.8 Å². The lowest BCUT2D eigenvalue weighted by Crippen LogP contribution is -2.22. The number of nitro groups is 1. The van der Waals surface area contributed by atoms with Gasteiger partial charge in [-0.2, -0.15) is 0 Å². The van der Waals surface area contributed by atoms with Crippen LogP contribution < -0.4 is 10.1 Å². The van der Waals surface area contributed by atoms with Crippen LogP contribution in [-0.2, 0) is 22.0 Å². The summed E-state index contributed by atoms with van der Waals surface area (Å²) in [6, 6.07) is 9.39. The molecular weight excluding hydrogens is 474 g/mol. The van der Waals surface area contributed by atoms with Crippen molar-refractivity contribution in [3.63, 3.8) is 0 Å². The van der Waals surface area contributed by atoms with Crippen molar-refractivity contribution in [3.05, 3.63) is 64.0 Å². The zero-order chi connectivity index (χ0) is 25.8. The number of amides is 1. The maximum atomic E-state index is 12.5. The van der Waals surface area contributed by atoms with Gasteiger partial charge in [0, 0.05) is 13.1 Å². The molecule has 1 heterocycles. The molecule has 0 aliphatic rings. The number of benzene rings is 2. The molecule has 1 aromatic heterocycles. The fraction of sp³-hybridized carbons (Fsp3) is 0.304. The zero-order valence-electron chi connectivity index (χ0n) is 19.9. The minimum atomic E-state index is -0.867. The van der Waals surface area contributed by atoms with Crippen LogP contribution in [0.25, 0.3) is 0 Å². The molecule has 1 amide bonds. The van der Waals surface area contributed by atoms with Crippen molar-refractivity contribution in [1.29, 1.82) is 0 Å². The van der Waals surface area contributed by atoms with Crippen molar-refractivity contribution in [2.75, 3.05) is 19.0 Å². The molecule has 2 aromatic carbocycles. The highest BCUT2D eigenvalue weighted by Gasteiger charge is 2.22. The van der Waals surface area contributed by atoms with Crippen LogP contribution in [0, 0.1) is 10.1 Å². The van der Waals surface area contributed by atoms with E-state index < -0.39 is 23.4 Å². The standard InChI is InChI=1S/C23H25N5O6S/c1-23(2,3)15-7-8-18(33-5)16(11-15)25-20(29)12-34-21(30)14-6-9-19(17(10-14)28(31)32)35-22-26-24-13-27(22)4/h6-11,13H,12H2,1-5H3,(H,25,29). The van der Waals surface area contributed by atoms with E-state index in [0.29, 0.717) is 16.6 Å². The van der Waals surface area contributed by atoms with E-state index in [9.17, 15) is 19.7 Å². The Bertz CT molecular complexity index is 1270. The Balaban J connectivity index is 1.69. The van der Waals surface area contributed by atoms with Gasteiger partial charge in [0.05, 0.1) is 28.2 Å². The second-order valence-electron chi connectivity index (χ2n) is 8.56. The van der Waals surface area contributed by atoms with E-state index in [1.165, 1.54) is 25.6 Å². The van der Waals surface area contributed by atoms with Crippen LogP contribution in [0.2, 0.25) is 0 Å². The van der Waals surface area contributed by atoms with Gasteiger partial charge in [-0.15, -0.1) is 10.2 Å². The minimum absolute atomic E-state index is 0.0564. The third-order valence-corrected chi connectivity index (χ3v) is 6.05. The lowest BCUT2D eigenvalue weighted by molar-refractivity contribution is -0.387. The van der Waals surface area contributed by atoms with Crippen molar-refractivity contribution in [1.82, 2.24) is 14.8 Å². The maximum absolute atomic E-state index is 12.5. The van der Waals surface area contributed by atoms with Gasteiger partial charge in [0.15, 0.2) is 11.8 Å². The van der Waals surface area contributed by atoms with Gasteiger partial charge in [-0.3, -0.25) is 14.9 Å². The topological polar surface area (TPSA) is 138 Å². The Kier molecular flexibility index (Phi) is 7.75. The third-order valence-electron chi connectivity index (χ3n) is 4.94. The first-order valence-electron chi connectivity index (χ1n) is 10.5. The van der Waals surface area contributed by atoms with Crippen molar-refractivity contribution < 1.29 is 24.0 Å². The molecule has 0 radical (unpaired) electrons. The molecular formula is C23H25N5O6S. The van der Waals surface area contributed by atoms with Crippen LogP contribution in [0.3, 0.4) is 0 Å². The van der Waals surface area contributed by atoms with Gasteiger partial charge in [0.25, 0.3) is 11.6 Å². The quantitative estimate of drug-likeness (QED) is 0.277. The predicted molar refractivity (Wildman–Crippen MR) is 129 cm³/mol. The molecule has 0 unspecified atom stereocenters. The fourth-order valence-electron chi connectivity index (χ4n) is 3.01. The third kappa shape index (κ3) is 6.35. The van der Waals surface area contributed by atoms with Crippen LogP contribution >= 0.6 is 11.8 Å². The number of carbonyl (C=O) groups excluding carboxylic acids is 2. The summed E-state index contributed by atoms with van der Waals surface area (Å²) in [6.45, 7) is 5.54. The molecule has 12 heteroatoms. The summed E-state index contributed by atoms with van der Waals surface area (Å²) in [7, 11) is 3.20. The average molecular weight is 500 g/mol.